The van der Waals surface area contributed by atoms with Crippen LogP contribution in [-0.4, -0.2) is 0 Å². The van der Waals surface area contributed by atoms with Gasteiger partial charge in [0.05, 0.1) is 5.41 Å². The van der Waals surface area contributed by atoms with Crippen molar-refractivity contribution >= 4 is 21.5 Å². The summed E-state index contributed by atoms with van der Waals surface area (Å²) < 4.78 is 41.3. The lowest BCUT2D eigenvalue weighted by Crippen LogP contribution is -2.28. The van der Waals surface area contributed by atoms with Crippen molar-refractivity contribution < 1.29 is 18.3 Å². The van der Waals surface area contributed by atoms with E-state index in [-0.39, 0.29) is 11.5 Å². The molecule has 4 heteroatoms. The number of fused-ring (bicyclic) bond motifs is 5. The van der Waals surface area contributed by atoms with Gasteiger partial charge >= 0.3 is 0 Å². The Kier molecular flexibility index (Phi) is 7.54. The summed E-state index contributed by atoms with van der Waals surface area (Å²) in [5.74, 6) is 5.13. The molecule has 53 heavy (non-hydrogen) atoms. The van der Waals surface area contributed by atoms with Crippen LogP contribution in [0.2, 0.25) is 0 Å². The van der Waals surface area contributed by atoms with E-state index in [2.05, 4.69) is 96.8 Å². The first-order valence-corrected chi connectivity index (χ1v) is 17.1. The van der Waals surface area contributed by atoms with Crippen LogP contribution in [0.5, 0.6) is 23.0 Å². The second-order valence-electron chi connectivity index (χ2n) is 13.1. The Hall–Kier alpha value is -7.14. The largest absolute Gasteiger partial charge is 0.454 e. The van der Waals surface area contributed by atoms with Crippen LogP contribution >= 0.6 is 0 Å². The number of benzene rings is 8. The molecule has 0 aromatic heterocycles. The van der Waals surface area contributed by atoms with Gasteiger partial charge in [-0.2, -0.15) is 0 Å². The van der Waals surface area contributed by atoms with E-state index < -0.39 is 17.0 Å². The van der Waals surface area contributed by atoms with Crippen LogP contribution in [0.4, 0.5) is 8.78 Å². The van der Waals surface area contributed by atoms with Crippen LogP contribution in [0.15, 0.2) is 158 Å². The monoisotopic (exact) mass is 686 g/mol. The minimum Gasteiger partial charge on any atom is -0.454 e. The first-order valence-electron chi connectivity index (χ1n) is 17.1. The van der Waals surface area contributed by atoms with Gasteiger partial charge in [0.25, 0.3) is 0 Å². The molecule has 250 valence electrons. The Balaban J connectivity index is 1.16. The number of halogens is 2. The van der Waals surface area contributed by atoms with Crippen LogP contribution in [-0.2, 0) is 5.41 Å². The molecule has 0 heterocycles. The van der Waals surface area contributed by atoms with Crippen LogP contribution in [0.1, 0.15) is 33.4 Å². The van der Waals surface area contributed by atoms with E-state index >= 15 is 0 Å². The smallest absolute Gasteiger partial charge is 0.166 e. The molecule has 0 saturated carbocycles. The molecule has 0 fully saturated rings. The van der Waals surface area contributed by atoms with Crippen molar-refractivity contribution in [3.05, 3.63) is 203 Å². The molecule has 2 nitrogen and oxygen atoms in total. The van der Waals surface area contributed by atoms with Crippen molar-refractivity contribution in [1.29, 1.82) is 0 Å². The highest BCUT2D eigenvalue weighted by Gasteiger charge is 2.46. The highest BCUT2D eigenvalue weighted by molar-refractivity contribution is 5.92. The van der Waals surface area contributed by atoms with Crippen LogP contribution in [0.25, 0.3) is 32.7 Å². The minimum absolute atomic E-state index is 0.110. The molecule has 8 aromatic carbocycles. The van der Waals surface area contributed by atoms with Gasteiger partial charge in [-0.1, -0.05) is 96.8 Å². The summed E-state index contributed by atoms with van der Waals surface area (Å²) in [6.07, 6.45) is 10.9. The number of ether oxygens (including phenoxy) is 2. The molecule has 1 aliphatic carbocycles. The fourth-order valence-corrected chi connectivity index (χ4v) is 7.67. The van der Waals surface area contributed by atoms with Gasteiger partial charge in [-0.25, -0.2) is 8.78 Å². The van der Waals surface area contributed by atoms with E-state index in [0.29, 0.717) is 22.6 Å². The molecule has 0 N–H and O–H groups in total. The van der Waals surface area contributed by atoms with Crippen molar-refractivity contribution in [2.75, 3.05) is 0 Å². The maximum Gasteiger partial charge on any atom is 0.166 e. The molecule has 9 rings (SSSR count). The molecular formula is C49H28F2O2. The number of hydrogen-bond donors (Lipinski definition) is 0. The zero-order chi connectivity index (χ0) is 36.1. The predicted molar refractivity (Wildman–Crippen MR) is 208 cm³/mol. The summed E-state index contributed by atoms with van der Waals surface area (Å²) >= 11 is 0. The fraction of sp³-hybridized carbons (Fsp3) is 0.0204. The van der Waals surface area contributed by atoms with E-state index in [0.717, 1.165) is 32.7 Å². The molecule has 0 atom stereocenters. The van der Waals surface area contributed by atoms with Gasteiger partial charge < -0.3 is 9.47 Å². The van der Waals surface area contributed by atoms with Gasteiger partial charge in [0, 0.05) is 11.1 Å². The maximum absolute atomic E-state index is 14.7. The summed E-state index contributed by atoms with van der Waals surface area (Å²) in [5, 5.41) is 3.95. The Morgan fingerprint density at radius 3 is 1.28 bits per heavy atom. The zero-order valence-corrected chi connectivity index (χ0v) is 28.2. The quantitative estimate of drug-likeness (QED) is 0.162. The SMILES string of the molecule is C#Cc1ccc(Oc2ccc3cc(C4(c5ccc6cc(Oc7ccc(C#C)cc7F)ccc6c5)c5ccccc5-c5ccccc54)ccc3c2)c(F)c1. The Labute approximate surface area is 305 Å². The second kappa shape index (κ2) is 12.6. The summed E-state index contributed by atoms with van der Waals surface area (Å²) in [6.45, 7) is 0. The fourth-order valence-electron chi connectivity index (χ4n) is 7.67. The summed E-state index contributed by atoms with van der Waals surface area (Å²) in [6, 6.07) is 50.8. The van der Waals surface area contributed by atoms with Crippen molar-refractivity contribution in [1.82, 2.24) is 0 Å². The van der Waals surface area contributed by atoms with Gasteiger partial charge in [0.1, 0.15) is 11.5 Å². The van der Waals surface area contributed by atoms with Crippen molar-refractivity contribution in [2.24, 2.45) is 0 Å². The lowest BCUT2D eigenvalue weighted by molar-refractivity contribution is 0.442. The molecule has 0 unspecified atom stereocenters. The molecule has 0 radical (unpaired) electrons. The van der Waals surface area contributed by atoms with Crippen LogP contribution in [0.3, 0.4) is 0 Å². The van der Waals surface area contributed by atoms with E-state index in [1.165, 1.54) is 34.4 Å². The molecule has 8 aromatic rings. The predicted octanol–water partition coefficient (Wildman–Crippen LogP) is 12.2. The molecule has 0 bridgehead atoms. The summed E-state index contributed by atoms with van der Waals surface area (Å²) in [7, 11) is 0. The lowest BCUT2D eigenvalue weighted by atomic mass is 9.67. The van der Waals surface area contributed by atoms with Gasteiger partial charge in [0.15, 0.2) is 23.1 Å². The third-order valence-corrected chi connectivity index (χ3v) is 10.1. The summed E-state index contributed by atoms with van der Waals surface area (Å²) in [5.41, 5.74) is 7.24. The maximum atomic E-state index is 14.7. The zero-order valence-electron chi connectivity index (χ0n) is 28.2. The number of hydrogen-bond acceptors (Lipinski definition) is 2. The van der Waals surface area contributed by atoms with E-state index in [1.807, 2.05) is 36.4 Å². The van der Waals surface area contributed by atoms with E-state index in [4.69, 9.17) is 22.3 Å². The number of rotatable bonds is 6. The van der Waals surface area contributed by atoms with E-state index in [9.17, 15) is 8.78 Å². The minimum atomic E-state index is -0.635. The van der Waals surface area contributed by atoms with Gasteiger partial charge in [-0.05, 0) is 128 Å². The standard InChI is InChI=1S/C49H28F2O2/c1-3-31-13-23-47(45(50)25-31)52-39-21-17-33-27-37(19-15-35(33)29-39)49(43-11-7-5-9-41(43)42-10-6-8-12-44(42)49)38-20-16-36-30-40(22-18-34(36)28-38)53-48-24-14-32(4-2)26-46(48)51/h1-2,5-30H. The molecule has 0 aliphatic heterocycles. The average Bonchev–Trinajstić information content (AvgIpc) is 3.50. The Morgan fingerprint density at radius 2 is 0.849 bits per heavy atom. The normalized spacial score (nSPS) is 12.5. The highest BCUT2D eigenvalue weighted by Crippen LogP contribution is 2.56. The number of terminal acetylenes is 2. The van der Waals surface area contributed by atoms with Gasteiger partial charge in [-0.15, -0.1) is 12.8 Å². The topological polar surface area (TPSA) is 18.5 Å². The Morgan fingerprint density at radius 1 is 0.434 bits per heavy atom. The van der Waals surface area contributed by atoms with Crippen molar-refractivity contribution in [3.8, 4) is 58.8 Å². The third kappa shape index (κ3) is 5.29. The first kappa shape index (κ1) is 31.8. The lowest BCUT2D eigenvalue weighted by Gasteiger charge is -2.34. The molecule has 0 saturated heterocycles. The molecule has 0 amide bonds. The van der Waals surface area contributed by atoms with E-state index in [1.54, 1.807) is 24.3 Å². The molecule has 0 spiro atoms. The first-order chi connectivity index (χ1) is 25.9. The third-order valence-electron chi connectivity index (χ3n) is 10.1. The summed E-state index contributed by atoms with van der Waals surface area (Å²) in [4.78, 5) is 0. The average molecular weight is 687 g/mol. The molecular weight excluding hydrogens is 659 g/mol. The molecule has 1 aliphatic rings. The van der Waals surface area contributed by atoms with Crippen LogP contribution < -0.4 is 9.47 Å². The van der Waals surface area contributed by atoms with Crippen molar-refractivity contribution in [2.45, 2.75) is 5.41 Å². The van der Waals surface area contributed by atoms with Gasteiger partial charge in [0.2, 0.25) is 0 Å². The van der Waals surface area contributed by atoms with Crippen molar-refractivity contribution in [3.63, 3.8) is 0 Å². The second-order valence-corrected chi connectivity index (χ2v) is 13.1. The van der Waals surface area contributed by atoms with Gasteiger partial charge in [-0.3, -0.25) is 0 Å². The van der Waals surface area contributed by atoms with Crippen LogP contribution in [0, 0.1) is 36.3 Å². The highest BCUT2D eigenvalue weighted by atomic mass is 19.1. The Bertz CT molecular complexity index is 2660.